The van der Waals surface area contributed by atoms with Gasteiger partial charge in [-0.1, -0.05) is 49.7 Å². The van der Waals surface area contributed by atoms with E-state index in [9.17, 15) is 38.7 Å². The van der Waals surface area contributed by atoms with E-state index < -0.39 is 83.4 Å². The van der Waals surface area contributed by atoms with Gasteiger partial charge in [-0.2, -0.15) is 0 Å². The summed E-state index contributed by atoms with van der Waals surface area (Å²) in [6.45, 7) is 15.8. The van der Waals surface area contributed by atoms with Gasteiger partial charge in [0.2, 0.25) is 11.8 Å². The zero-order valence-electron chi connectivity index (χ0n) is 37.0. The maximum atomic E-state index is 14.0. The number of carboxylic acids is 1. The Bertz CT molecular complexity index is 1810. The number of carbonyl (C=O) groups excluding carboxylic acids is 6. The first-order valence-electron chi connectivity index (χ1n) is 20.5. The summed E-state index contributed by atoms with van der Waals surface area (Å²) in [5.41, 5.74) is 6.45. The molecule has 0 aliphatic carbocycles. The van der Waals surface area contributed by atoms with Crippen molar-refractivity contribution < 1.29 is 52.9 Å². The number of ether oxygens (including phenoxy) is 3. The van der Waals surface area contributed by atoms with Crippen molar-refractivity contribution in [2.24, 2.45) is 11.7 Å². The number of hydrogen-bond donors (Lipinski definition) is 8. The highest BCUT2D eigenvalue weighted by molar-refractivity contribution is 6.30. The Balaban J connectivity index is 2.22. The first kappa shape index (κ1) is 52.7. The van der Waals surface area contributed by atoms with Crippen molar-refractivity contribution in [2.45, 2.75) is 130 Å². The summed E-state index contributed by atoms with van der Waals surface area (Å²) in [6, 6.07) is 9.62. The van der Waals surface area contributed by atoms with Crippen molar-refractivity contribution in [3.63, 3.8) is 0 Å². The second kappa shape index (κ2) is 24.8. The Labute approximate surface area is 368 Å². The summed E-state index contributed by atoms with van der Waals surface area (Å²) >= 11 is 6.02. The Kier molecular flexibility index (Phi) is 21.1. The third-order valence-corrected chi connectivity index (χ3v) is 8.82. The molecule has 0 heterocycles. The highest BCUT2D eigenvalue weighted by Crippen LogP contribution is 2.22. The number of amides is 6. The van der Waals surface area contributed by atoms with Crippen LogP contribution in [-0.2, 0) is 33.4 Å². The van der Waals surface area contributed by atoms with Crippen molar-refractivity contribution in [2.75, 3.05) is 19.7 Å². The lowest BCUT2D eigenvalue weighted by atomic mass is 10.0. The van der Waals surface area contributed by atoms with E-state index in [1.807, 2.05) is 26.0 Å². The standard InChI is InChI=1S/C43H64ClN7O11/c1-25(2)24-60-26(3)33(37(54)51-34(45)38(55)49-32(39(56)57)12-10-11-22-46-40(58)61-42(4,5)6)50-36(53)31(21-23-47-41(59)62-43(7,8)9)48-35(52)29-15-13-27(14-16-29)28-17-19-30(44)20-18-28/h13-20,25-26,31-34H,10-12,21-24,45H2,1-9H3,(H,46,58)(H,47,59)(H,48,52)(H,49,55)(H,50,53)(H,51,54)(H,56,57). The molecule has 0 radical (unpaired) electrons. The van der Waals surface area contributed by atoms with E-state index >= 15 is 0 Å². The summed E-state index contributed by atoms with van der Waals surface area (Å²) in [6.07, 6.45) is -3.58. The van der Waals surface area contributed by atoms with Gasteiger partial charge in [0.1, 0.15) is 29.3 Å². The second-order valence-electron chi connectivity index (χ2n) is 17.1. The molecule has 0 aromatic heterocycles. The van der Waals surface area contributed by atoms with E-state index in [1.54, 1.807) is 77.9 Å². The summed E-state index contributed by atoms with van der Waals surface area (Å²) in [4.78, 5) is 90.6. The number of nitrogens with two attached hydrogens (primary N) is 1. The monoisotopic (exact) mass is 889 g/mol. The molecule has 62 heavy (non-hydrogen) atoms. The summed E-state index contributed by atoms with van der Waals surface area (Å²) in [5, 5.41) is 25.4. The predicted octanol–water partition coefficient (Wildman–Crippen LogP) is 4.23. The minimum atomic E-state index is -1.75. The molecule has 9 N–H and O–H groups in total. The van der Waals surface area contributed by atoms with Crippen LogP contribution in [-0.4, -0.2) is 108 Å². The molecule has 18 nitrogen and oxygen atoms in total. The maximum absolute atomic E-state index is 14.0. The molecule has 0 fully saturated rings. The topological polar surface area (TPSA) is 266 Å². The molecule has 2 rings (SSSR count). The normalized spacial score (nSPS) is 13.9. The summed E-state index contributed by atoms with van der Waals surface area (Å²) in [5.74, 6) is -4.72. The molecule has 5 atom stereocenters. The highest BCUT2D eigenvalue weighted by atomic mass is 35.5. The van der Waals surface area contributed by atoms with Gasteiger partial charge in [-0.05, 0) is 115 Å². The van der Waals surface area contributed by atoms with Crippen molar-refractivity contribution in [1.29, 1.82) is 0 Å². The molecule has 0 bridgehead atoms. The van der Waals surface area contributed by atoms with Crippen molar-refractivity contribution in [3.05, 3.63) is 59.1 Å². The van der Waals surface area contributed by atoms with Crippen LogP contribution in [0.5, 0.6) is 0 Å². The van der Waals surface area contributed by atoms with Gasteiger partial charge in [0, 0.05) is 30.3 Å². The molecular weight excluding hydrogens is 826 g/mol. The molecule has 5 unspecified atom stereocenters. The number of halogens is 1. The number of rotatable bonds is 22. The van der Waals surface area contributed by atoms with E-state index in [4.69, 9.17) is 31.5 Å². The Morgan fingerprint density at radius 2 is 1.19 bits per heavy atom. The summed E-state index contributed by atoms with van der Waals surface area (Å²) in [7, 11) is 0. The number of carboxylic acid groups (broad SMARTS) is 1. The fourth-order valence-electron chi connectivity index (χ4n) is 5.50. The van der Waals surface area contributed by atoms with Crippen LogP contribution in [0.15, 0.2) is 48.5 Å². The third-order valence-electron chi connectivity index (χ3n) is 8.57. The van der Waals surface area contributed by atoms with Gasteiger partial charge < -0.3 is 57.0 Å². The van der Waals surface area contributed by atoms with Crippen LogP contribution in [0.3, 0.4) is 0 Å². The third kappa shape index (κ3) is 20.4. The lowest BCUT2D eigenvalue weighted by Gasteiger charge is -2.29. The van der Waals surface area contributed by atoms with Crippen LogP contribution < -0.4 is 37.6 Å². The van der Waals surface area contributed by atoms with E-state index in [0.29, 0.717) is 17.9 Å². The number of aliphatic carboxylic acids is 1. The Morgan fingerprint density at radius 1 is 0.661 bits per heavy atom. The SMILES string of the molecule is CC(C)COC(C)C(NC(=O)C(CCNC(=O)OC(C)(C)C)NC(=O)c1ccc(-c2ccc(Cl)cc2)cc1)C(=O)NC(N)C(=O)NC(CCCCNC(=O)OC(C)(C)C)C(=O)O. The number of alkyl carbamates (subject to hydrolysis) is 2. The Hall–Kier alpha value is -5.46. The number of hydrogen-bond acceptors (Lipinski definition) is 11. The number of unbranched alkanes of at least 4 members (excludes halogenated alkanes) is 1. The van der Waals surface area contributed by atoms with Gasteiger partial charge in [-0.3, -0.25) is 19.2 Å². The molecule has 6 amide bonds. The second-order valence-corrected chi connectivity index (χ2v) is 17.5. The molecule has 344 valence electrons. The molecule has 0 spiro atoms. The van der Waals surface area contributed by atoms with Crippen LogP contribution in [0, 0.1) is 5.92 Å². The number of carbonyl (C=O) groups is 7. The smallest absolute Gasteiger partial charge is 0.407 e. The average Bonchev–Trinajstić information content (AvgIpc) is 3.16. The molecule has 2 aromatic rings. The van der Waals surface area contributed by atoms with Crippen LogP contribution in [0.1, 0.15) is 98.4 Å². The lowest BCUT2D eigenvalue weighted by Crippen LogP contribution is -2.62. The molecule has 0 aliphatic rings. The maximum Gasteiger partial charge on any atom is 0.407 e. The first-order valence-corrected chi connectivity index (χ1v) is 20.8. The van der Waals surface area contributed by atoms with E-state index in [2.05, 4.69) is 31.9 Å². The van der Waals surface area contributed by atoms with Gasteiger partial charge >= 0.3 is 18.2 Å². The molecular formula is C43H64ClN7O11. The first-order chi connectivity index (χ1) is 28.8. The fraction of sp³-hybridized carbons (Fsp3) is 0.558. The van der Waals surface area contributed by atoms with Crippen LogP contribution in [0.2, 0.25) is 5.02 Å². The quantitative estimate of drug-likeness (QED) is 0.0610. The fourth-order valence-corrected chi connectivity index (χ4v) is 5.62. The van der Waals surface area contributed by atoms with Crippen LogP contribution >= 0.6 is 11.6 Å². The van der Waals surface area contributed by atoms with E-state index in [1.165, 1.54) is 6.92 Å². The molecule has 0 saturated heterocycles. The summed E-state index contributed by atoms with van der Waals surface area (Å²) < 4.78 is 16.3. The van der Waals surface area contributed by atoms with Crippen molar-refractivity contribution >= 4 is 53.4 Å². The van der Waals surface area contributed by atoms with Crippen molar-refractivity contribution in [1.82, 2.24) is 31.9 Å². The molecule has 0 saturated carbocycles. The molecule has 0 aliphatic heterocycles. The zero-order chi connectivity index (χ0) is 46.8. The van der Waals surface area contributed by atoms with Gasteiger partial charge in [-0.25, -0.2) is 14.4 Å². The van der Waals surface area contributed by atoms with Gasteiger partial charge in [-0.15, -0.1) is 0 Å². The minimum absolute atomic E-state index is 0.0150. The van der Waals surface area contributed by atoms with Crippen LogP contribution in [0.4, 0.5) is 9.59 Å². The Morgan fingerprint density at radius 3 is 1.71 bits per heavy atom. The van der Waals surface area contributed by atoms with Gasteiger partial charge in [0.05, 0.1) is 6.10 Å². The van der Waals surface area contributed by atoms with Crippen LogP contribution in [0.25, 0.3) is 11.1 Å². The predicted molar refractivity (Wildman–Crippen MR) is 233 cm³/mol. The van der Waals surface area contributed by atoms with Gasteiger partial charge in [0.15, 0.2) is 6.17 Å². The highest BCUT2D eigenvalue weighted by Gasteiger charge is 2.34. The molecule has 19 heteroatoms. The number of nitrogens with one attached hydrogen (secondary N) is 6. The molecule has 2 aromatic carbocycles. The lowest BCUT2D eigenvalue weighted by molar-refractivity contribution is -0.142. The van der Waals surface area contributed by atoms with Gasteiger partial charge in [0.25, 0.3) is 11.8 Å². The average molecular weight is 890 g/mol. The zero-order valence-corrected chi connectivity index (χ0v) is 37.8. The van der Waals surface area contributed by atoms with E-state index in [0.717, 1.165) is 11.1 Å². The number of benzene rings is 2. The van der Waals surface area contributed by atoms with E-state index in [-0.39, 0.29) is 44.0 Å². The minimum Gasteiger partial charge on any atom is -0.480 e. The van der Waals surface area contributed by atoms with Crippen molar-refractivity contribution in [3.8, 4) is 11.1 Å². The largest absolute Gasteiger partial charge is 0.480 e.